The lowest BCUT2D eigenvalue weighted by molar-refractivity contribution is 0.129. The number of rotatable bonds is 12. The van der Waals surface area contributed by atoms with E-state index < -0.39 is 0 Å². The number of nitrogens with zero attached hydrogens (tertiary/aromatic N) is 3. The molecule has 1 aromatic heterocycles. The number of ether oxygens (including phenoxy) is 1. The lowest BCUT2D eigenvalue weighted by atomic mass is 10.2. The van der Waals surface area contributed by atoms with Crippen molar-refractivity contribution in [2.24, 2.45) is 10.9 Å². The highest BCUT2D eigenvalue weighted by atomic mass is 127. The first-order chi connectivity index (χ1) is 12.1. The Morgan fingerprint density at radius 1 is 1.23 bits per heavy atom. The van der Waals surface area contributed by atoms with Crippen molar-refractivity contribution < 1.29 is 4.74 Å². The van der Waals surface area contributed by atoms with E-state index in [-0.39, 0.29) is 24.0 Å². The minimum atomic E-state index is 0. The maximum Gasteiger partial charge on any atom is 0.191 e. The maximum absolute atomic E-state index is 5.58. The second-order valence-corrected chi connectivity index (χ2v) is 6.68. The number of nitrogens with one attached hydrogen (secondary N) is 2. The van der Waals surface area contributed by atoms with E-state index in [0.717, 1.165) is 63.9 Å². The summed E-state index contributed by atoms with van der Waals surface area (Å²) in [5.74, 6) is 1.32. The molecule has 26 heavy (non-hydrogen) atoms. The molecule has 2 N–H and O–H groups in total. The van der Waals surface area contributed by atoms with Crippen LogP contribution in [0.1, 0.15) is 51.4 Å². The zero-order chi connectivity index (χ0) is 18.5. The molecule has 1 heterocycles. The zero-order valence-electron chi connectivity index (χ0n) is 17.2. The summed E-state index contributed by atoms with van der Waals surface area (Å²) >= 11 is 0. The highest BCUT2D eigenvalue weighted by Crippen LogP contribution is 2.06. The molecule has 0 radical (unpaired) electrons. The highest BCUT2D eigenvalue weighted by Gasteiger charge is 2.07. The molecule has 152 valence electrons. The highest BCUT2D eigenvalue weighted by molar-refractivity contribution is 14.0. The number of halogens is 1. The fourth-order valence-electron chi connectivity index (χ4n) is 2.53. The summed E-state index contributed by atoms with van der Waals surface area (Å²) in [7, 11) is 0. The Balaban J connectivity index is 0.00000625. The van der Waals surface area contributed by atoms with Crippen LogP contribution in [0.5, 0.6) is 0 Å². The predicted octanol–water partition coefficient (Wildman–Crippen LogP) is 3.52. The fourth-order valence-corrected chi connectivity index (χ4v) is 2.53. The van der Waals surface area contributed by atoms with Gasteiger partial charge < -0.3 is 15.4 Å². The molecular weight excluding hydrogens is 441 g/mol. The smallest absolute Gasteiger partial charge is 0.191 e. The van der Waals surface area contributed by atoms with Gasteiger partial charge in [-0.2, -0.15) is 5.10 Å². The van der Waals surface area contributed by atoms with E-state index in [2.05, 4.69) is 54.2 Å². The summed E-state index contributed by atoms with van der Waals surface area (Å²) in [5, 5.41) is 11.2. The number of aryl methyl sites for hydroxylation is 2. The van der Waals surface area contributed by atoms with E-state index in [1.807, 2.05) is 6.92 Å². The topological polar surface area (TPSA) is 63.5 Å². The standard InChI is InChI=1S/C19H37N5O.HI/c1-6-8-11-25-12-9-10-21-19(20-7-2)22-14-16(3)15-24-18(5)13-17(4)23-24;/h13,16H,6-12,14-15H2,1-5H3,(H2,20,21,22);1H. The molecule has 0 aromatic carbocycles. The lowest BCUT2D eigenvalue weighted by Gasteiger charge is -2.14. The van der Waals surface area contributed by atoms with Gasteiger partial charge in [-0.05, 0) is 45.6 Å². The van der Waals surface area contributed by atoms with E-state index in [1.165, 1.54) is 12.1 Å². The van der Waals surface area contributed by atoms with Gasteiger partial charge in [0, 0.05) is 45.1 Å². The Kier molecular flexibility index (Phi) is 14.8. The summed E-state index contributed by atoms with van der Waals surface area (Å²) in [5.41, 5.74) is 2.28. The summed E-state index contributed by atoms with van der Waals surface area (Å²) in [6.07, 6.45) is 3.32. The van der Waals surface area contributed by atoms with Crippen molar-refractivity contribution in [3.05, 3.63) is 17.5 Å². The second-order valence-electron chi connectivity index (χ2n) is 6.68. The largest absolute Gasteiger partial charge is 0.381 e. The van der Waals surface area contributed by atoms with Gasteiger partial charge in [0.05, 0.1) is 5.69 Å². The molecule has 0 amide bonds. The van der Waals surface area contributed by atoms with Gasteiger partial charge in [0.1, 0.15) is 0 Å². The van der Waals surface area contributed by atoms with Gasteiger partial charge in [0.2, 0.25) is 0 Å². The minimum Gasteiger partial charge on any atom is -0.381 e. The number of hydrogen-bond acceptors (Lipinski definition) is 3. The summed E-state index contributed by atoms with van der Waals surface area (Å²) in [6, 6.07) is 2.12. The summed E-state index contributed by atoms with van der Waals surface area (Å²) in [6.45, 7) is 15.7. The van der Waals surface area contributed by atoms with Gasteiger partial charge >= 0.3 is 0 Å². The van der Waals surface area contributed by atoms with Gasteiger partial charge in [-0.15, -0.1) is 24.0 Å². The normalized spacial score (nSPS) is 12.6. The first-order valence-electron chi connectivity index (χ1n) is 9.67. The molecule has 0 saturated heterocycles. The van der Waals surface area contributed by atoms with Crippen LogP contribution in [0.15, 0.2) is 11.1 Å². The third-order valence-corrected chi connectivity index (χ3v) is 3.89. The van der Waals surface area contributed by atoms with Crippen molar-refractivity contribution in [3.8, 4) is 0 Å². The molecule has 0 saturated carbocycles. The number of hydrogen-bond donors (Lipinski definition) is 2. The molecule has 0 bridgehead atoms. The third kappa shape index (κ3) is 11.0. The van der Waals surface area contributed by atoms with Gasteiger partial charge in [-0.25, -0.2) is 0 Å². The number of guanidine groups is 1. The molecule has 1 unspecified atom stereocenters. The molecule has 0 aliphatic rings. The SMILES string of the molecule is CCCCOCCCNC(=NCC(C)Cn1nc(C)cc1C)NCC.I. The average molecular weight is 479 g/mol. The van der Waals surface area contributed by atoms with E-state index in [0.29, 0.717) is 5.92 Å². The molecule has 0 aliphatic heterocycles. The third-order valence-electron chi connectivity index (χ3n) is 3.89. The van der Waals surface area contributed by atoms with E-state index in [1.54, 1.807) is 0 Å². The van der Waals surface area contributed by atoms with Gasteiger partial charge in [-0.3, -0.25) is 9.67 Å². The predicted molar refractivity (Wildman–Crippen MR) is 121 cm³/mol. The molecule has 7 heteroatoms. The number of aliphatic imine (C=N–C) groups is 1. The first kappa shape index (κ1) is 25.2. The van der Waals surface area contributed by atoms with Crippen molar-refractivity contribution in [2.45, 2.75) is 60.4 Å². The van der Waals surface area contributed by atoms with Crippen molar-refractivity contribution in [1.82, 2.24) is 20.4 Å². The molecular formula is C19H38IN5O. The summed E-state index contributed by atoms with van der Waals surface area (Å²) < 4.78 is 7.66. The van der Waals surface area contributed by atoms with Crippen LogP contribution in [0, 0.1) is 19.8 Å². The zero-order valence-corrected chi connectivity index (χ0v) is 19.5. The van der Waals surface area contributed by atoms with Gasteiger partial charge in [-0.1, -0.05) is 20.3 Å². The molecule has 6 nitrogen and oxygen atoms in total. The van der Waals surface area contributed by atoms with Crippen molar-refractivity contribution in [2.75, 3.05) is 32.8 Å². The van der Waals surface area contributed by atoms with Crippen LogP contribution in [0.25, 0.3) is 0 Å². The van der Waals surface area contributed by atoms with E-state index in [9.17, 15) is 0 Å². The van der Waals surface area contributed by atoms with Crippen LogP contribution in [0.2, 0.25) is 0 Å². The Bertz CT molecular complexity index is 504. The first-order valence-corrected chi connectivity index (χ1v) is 9.67. The molecule has 1 rings (SSSR count). The van der Waals surface area contributed by atoms with Gasteiger partial charge in [0.15, 0.2) is 5.96 Å². The molecule has 1 atom stereocenters. The second kappa shape index (κ2) is 15.2. The van der Waals surface area contributed by atoms with Crippen LogP contribution in [-0.4, -0.2) is 48.6 Å². The van der Waals surface area contributed by atoms with E-state index in [4.69, 9.17) is 9.73 Å². The fraction of sp³-hybridized carbons (Fsp3) is 0.789. The number of aromatic nitrogens is 2. The van der Waals surface area contributed by atoms with E-state index >= 15 is 0 Å². The quantitative estimate of drug-likeness (QED) is 0.209. The van der Waals surface area contributed by atoms with Gasteiger partial charge in [0.25, 0.3) is 0 Å². The molecule has 0 fully saturated rings. The van der Waals surface area contributed by atoms with Crippen molar-refractivity contribution in [3.63, 3.8) is 0 Å². The van der Waals surface area contributed by atoms with Crippen LogP contribution < -0.4 is 10.6 Å². The Hall–Kier alpha value is -0.830. The van der Waals surface area contributed by atoms with Crippen molar-refractivity contribution >= 4 is 29.9 Å². The maximum atomic E-state index is 5.58. The Labute approximate surface area is 176 Å². The van der Waals surface area contributed by atoms with Crippen molar-refractivity contribution in [1.29, 1.82) is 0 Å². The summed E-state index contributed by atoms with van der Waals surface area (Å²) in [4.78, 5) is 4.71. The van der Waals surface area contributed by atoms with Crippen LogP contribution in [-0.2, 0) is 11.3 Å². The molecule has 0 aliphatic carbocycles. The number of unbranched alkanes of at least 4 members (excludes halogenated alkanes) is 1. The molecule has 0 spiro atoms. The van der Waals surface area contributed by atoms with Crippen LogP contribution >= 0.6 is 24.0 Å². The minimum absolute atomic E-state index is 0. The Morgan fingerprint density at radius 2 is 1.96 bits per heavy atom. The lowest BCUT2D eigenvalue weighted by Crippen LogP contribution is -2.38. The van der Waals surface area contributed by atoms with Crippen LogP contribution in [0.4, 0.5) is 0 Å². The van der Waals surface area contributed by atoms with Crippen LogP contribution in [0.3, 0.4) is 0 Å². The molecule has 1 aromatic rings. The average Bonchev–Trinajstić information content (AvgIpc) is 2.89. The Morgan fingerprint density at radius 3 is 2.58 bits per heavy atom. The monoisotopic (exact) mass is 479 g/mol.